The zero-order chi connectivity index (χ0) is 30.8. The minimum atomic E-state index is -0.0362. The number of hydrogen-bond donors (Lipinski definition) is 0. The monoisotopic (exact) mass is 592 g/mol. The highest BCUT2D eigenvalue weighted by molar-refractivity contribution is 6.11. The number of para-hydroxylation sites is 1. The molecule has 0 radical (unpaired) electrons. The van der Waals surface area contributed by atoms with Crippen LogP contribution in [-0.4, -0.2) is 19.5 Å². The van der Waals surface area contributed by atoms with E-state index in [-0.39, 0.29) is 5.41 Å². The van der Waals surface area contributed by atoms with Gasteiger partial charge in [0.05, 0.1) is 11.0 Å². The minimum Gasteiger partial charge on any atom is -0.309 e. The normalized spacial score (nSPS) is 15.0. The molecule has 7 aromatic rings. The maximum absolute atomic E-state index is 5.01. The fourth-order valence-corrected chi connectivity index (χ4v) is 7.42. The summed E-state index contributed by atoms with van der Waals surface area (Å²) in [5.41, 5.74) is 12.0. The summed E-state index contributed by atoms with van der Waals surface area (Å²) in [4.78, 5) is 14.9. The van der Waals surface area contributed by atoms with Gasteiger partial charge in [-0.3, -0.25) is 0 Å². The number of allylic oxidation sites excluding steroid dienone is 4. The predicted octanol–water partition coefficient (Wildman–Crippen LogP) is 10.4. The van der Waals surface area contributed by atoms with Crippen LogP contribution in [0.3, 0.4) is 0 Å². The zero-order valence-electron chi connectivity index (χ0n) is 25.9. The maximum atomic E-state index is 5.01. The van der Waals surface area contributed by atoms with Gasteiger partial charge >= 0.3 is 0 Å². The van der Waals surface area contributed by atoms with Gasteiger partial charge in [0, 0.05) is 38.6 Å². The molecule has 0 N–H and O–H groups in total. The van der Waals surface area contributed by atoms with Crippen LogP contribution in [0.1, 0.15) is 37.8 Å². The van der Waals surface area contributed by atoms with E-state index in [2.05, 4.69) is 91.2 Å². The summed E-state index contributed by atoms with van der Waals surface area (Å²) in [5.74, 6) is 1.98. The molecule has 0 aliphatic heterocycles. The molecule has 0 unspecified atom stereocenters. The summed E-state index contributed by atoms with van der Waals surface area (Å²) >= 11 is 0. The third kappa shape index (κ3) is 4.10. The van der Waals surface area contributed by atoms with Crippen LogP contribution in [0.25, 0.3) is 67.2 Å². The molecule has 0 saturated carbocycles. The van der Waals surface area contributed by atoms with E-state index in [9.17, 15) is 0 Å². The molecule has 4 heteroatoms. The number of aromatic nitrogens is 4. The first-order valence-electron chi connectivity index (χ1n) is 16.0. The lowest BCUT2D eigenvalue weighted by molar-refractivity contribution is 0.655. The lowest BCUT2D eigenvalue weighted by Gasteiger charge is -2.23. The van der Waals surface area contributed by atoms with Crippen molar-refractivity contribution in [3.8, 4) is 39.9 Å². The van der Waals surface area contributed by atoms with E-state index in [0.29, 0.717) is 17.5 Å². The van der Waals surface area contributed by atoms with Gasteiger partial charge in [-0.15, -0.1) is 0 Å². The van der Waals surface area contributed by atoms with E-state index in [1.54, 1.807) is 0 Å². The summed E-state index contributed by atoms with van der Waals surface area (Å²) in [6, 6.07) is 42.5. The summed E-state index contributed by atoms with van der Waals surface area (Å²) in [6.45, 7) is 4.75. The van der Waals surface area contributed by atoms with E-state index in [1.165, 1.54) is 44.1 Å². The highest BCUT2D eigenvalue weighted by atomic mass is 15.0. The number of benzene rings is 5. The van der Waals surface area contributed by atoms with Gasteiger partial charge in [-0.05, 0) is 65.4 Å². The average Bonchev–Trinajstić information content (AvgIpc) is 3.56. The van der Waals surface area contributed by atoms with Gasteiger partial charge in [0.1, 0.15) is 0 Å². The van der Waals surface area contributed by atoms with Crippen LogP contribution in [0.5, 0.6) is 0 Å². The highest BCUT2D eigenvalue weighted by Gasteiger charge is 2.39. The largest absolute Gasteiger partial charge is 0.309 e. The minimum absolute atomic E-state index is 0.0362. The molecule has 5 aromatic carbocycles. The Kier molecular flexibility index (Phi) is 5.94. The van der Waals surface area contributed by atoms with E-state index in [4.69, 9.17) is 15.0 Å². The number of hydrogen-bond acceptors (Lipinski definition) is 3. The topological polar surface area (TPSA) is 43.6 Å². The van der Waals surface area contributed by atoms with Crippen molar-refractivity contribution < 1.29 is 0 Å². The van der Waals surface area contributed by atoms with Crippen molar-refractivity contribution in [3.63, 3.8) is 0 Å². The molecule has 2 heterocycles. The molecule has 4 nitrogen and oxygen atoms in total. The number of nitrogens with zero attached hydrogens (tertiary/aromatic N) is 4. The highest BCUT2D eigenvalue weighted by Crippen LogP contribution is 2.53. The first-order valence-corrected chi connectivity index (χ1v) is 16.0. The second-order valence-electron chi connectivity index (χ2n) is 12.8. The van der Waals surface area contributed by atoms with Crippen molar-refractivity contribution in [3.05, 3.63) is 150 Å². The van der Waals surface area contributed by atoms with Crippen LogP contribution >= 0.6 is 0 Å². The van der Waals surface area contributed by atoms with Crippen LogP contribution in [0.15, 0.2) is 139 Å². The fourth-order valence-electron chi connectivity index (χ4n) is 7.42. The Labute approximate surface area is 268 Å². The fraction of sp³-hybridized carbons (Fsp3) is 0.119. The number of fused-ring (bicyclic) bond motifs is 6. The van der Waals surface area contributed by atoms with E-state index >= 15 is 0 Å². The molecule has 9 rings (SSSR count). The van der Waals surface area contributed by atoms with E-state index in [0.717, 1.165) is 35.2 Å². The van der Waals surface area contributed by atoms with Gasteiger partial charge in [-0.25, -0.2) is 15.0 Å². The standard InChI is InChI=1S/C42H32N4/c1-42(2)35-22-11-9-20-31(35)33-25-34-32-21-10-12-23-37(32)46(38(34)26-36(33)42)30-19-13-18-29(24-30)41-44-39(27-14-5-3-6-15-27)43-40(45-41)28-16-7-4-8-17-28/h3-8,10,12-26H,9,11H2,1-2H3. The molecule has 2 aliphatic rings. The SMILES string of the molecule is CC1(C)C2=CCCC=C2c2cc3c4ccccc4n(-c4cccc(-c5nc(-c6ccccc6)nc(-c6ccccc6)n5)c4)c3cc21. The molecule has 46 heavy (non-hydrogen) atoms. The third-order valence-electron chi connectivity index (χ3n) is 9.66. The Morgan fingerprint density at radius 1 is 0.543 bits per heavy atom. The second kappa shape index (κ2) is 10.2. The molecular weight excluding hydrogens is 560 g/mol. The molecule has 0 spiro atoms. The number of rotatable bonds is 4. The lowest BCUT2D eigenvalue weighted by Crippen LogP contribution is -2.15. The van der Waals surface area contributed by atoms with Gasteiger partial charge < -0.3 is 4.57 Å². The maximum Gasteiger partial charge on any atom is 0.164 e. The quantitative estimate of drug-likeness (QED) is 0.204. The molecular formula is C42H32N4. The molecule has 0 saturated heterocycles. The lowest BCUT2D eigenvalue weighted by atomic mass is 9.80. The molecule has 0 fully saturated rings. The van der Waals surface area contributed by atoms with E-state index < -0.39 is 0 Å². The second-order valence-corrected chi connectivity index (χ2v) is 12.8. The summed E-state index contributed by atoms with van der Waals surface area (Å²) in [6.07, 6.45) is 7.13. The Bertz CT molecular complexity index is 2320. The van der Waals surface area contributed by atoms with Crippen molar-refractivity contribution in [2.75, 3.05) is 0 Å². The Balaban J connectivity index is 1.26. The van der Waals surface area contributed by atoms with Crippen LogP contribution in [-0.2, 0) is 5.41 Å². The van der Waals surface area contributed by atoms with Gasteiger partial charge in [0.2, 0.25) is 0 Å². The van der Waals surface area contributed by atoms with Crippen molar-refractivity contribution in [1.82, 2.24) is 19.5 Å². The summed E-state index contributed by atoms with van der Waals surface area (Å²) in [7, 11) is 0. The average molecular weight is 593 g/mol. The molecule has 0 amide bonds. The van der Waals surface area contributed by atoms with Crippen molar-refractivity contribution in [2.24, 2.45) is 0 Å². The van der Waals surface area contributed by atoms with Crippen LogP contribution in [0.4, 0.5) is 0 Å². The molecule has 220 valence electrons. The van der Waals surface area contributed by atoms with Crippen molar-refractivity contribution in [2.45, 2.75) is 32.1 Å². The van der Waals surface area contributed by atoms with Crippen LogP contribution in [0, 0.1) is 0 Å². The van der Waals surface area contributed by atoms with Crippen LogP contribution in [0.2, 0.25) is 0 Å². The third-order valence-corrected chi connectivity index (χ3v) is 9.66. The van der Waals surface area contributed by atoms with Gasteiger partial charge in [-0.2, -0.15) is 0 Å². The first-order chi connectivity index (χ1) is 22.6. The van der Waals surface area contributed by atoms with Gasteiger partial charge in [0.25, 0.3) is 0 Å². The summed E-state index contributed by atoms with van der Waals surface area (Å²) < 4.78 is 2.41. The van der Waals surface area contributed by atoms with Crippen molar-refractivity contribution in [1.29, 1.82) is 0 Å². The van der Waals surface area contributed by atoms with Crippen molar-refractivity contribution >= 4 is 27.4 Å². The van der Waals surface area contributed by atoms with Gasteiger partial charge in [0.15, 0.2) is 17.5 Å². The van der Waals surface area contributed by atoms with E-state index in [1.807, 2.05) is 60.7 Å². The molecule has 2 aliphatic carbocycles. The molecule has 0 atom stereocenters. The Morgan fingerprint density at radius 3 is 1.87 bits per heavy atom. The molecule has 0 bridgehead atoms. The van der Waals surface area contributed by atoms with Crippen LogP contribution < -0.4 is 0 Å². The predicted molar refractivity (Wildman–Crippen MR) is 189 cm³/mol. The Morgan fingerprint density at radius 2 is 1.15 bits per heavy atom. The van der Waals surface area contributed by atoms with Gasteiger partial charge in [-0.1, -0.05) is 117 Å². The smallest absolute Gasteiger partial charge is 0.164 e. The first kappa shape index (κ1) is 26.8. The molecule has 2 aromatic heterocycles. The zero-order valence-corrected chi connectivity index (χ0v) is 25.9. The Hall–Kier alpha value is -5.61. The summed E-state index contributed by atoms with van der Waals surface area (Å²) in [5, 5.41) is 2.54.